The van der Waals surface area contributed by atoms with Gasteiger partial charge in [0, 0.05) is 6.54 Å². The smallest absolute Gasteiger partial charge is 0.230 e. The SMILES string of the molecule is CCn1c(COc2ccc(F)cc2)nnc1SCC(=O)NCc1ccco1. The van der Waals surface area contributed by atoms with E-state index in [1.165, 1.54) is 23.9 Å². The van der Waals surface area contributed by atoms with Crippen molar-refractivity contribution in [2.24, 2.45) is 0 Å². The van der Waals surface area contributed by atoms with Gasteiger partial charge in [0.25, 0.3) is 0 Å². The van der Waals surface area contributed by atoms with Crippen LogP contribution in [0.1, 0.15) is 18.5 Å². The lowest BCUT2D eigenvalue weighted by Crippen LogP contribution is -2.24. The van der Waals surface area contributed by atoms with Crippen molar-refractivity contribution in [1.82, 2.24) is 20.1 Å². The van der Waals surface area contributed by atoms with Crippen LogP contribution in [0.2, 0.25) is 0 Å². The van der Waals surface area contributed by atoms with Gasteiger partial charge in [0.15, 0.2) is 11.0 Å². The fraction of sp³-hybridized carbons (Fsp3) is 0.278. The van der Waals surface area contributed by atoms with Crippen molar-refractivity contribution < 1.29 is 18.3 Å². The number of nitrogens with one attached hydrogen (secondary N) is 1. The van der Waals surface area contributed by atoms with E-state index in [9.17, 15) is 9.18 Å². The number of carbonyl (C=O) groups excluding carboxylic acids is 1. The molecule has 0 bridgehead atoms. The molecule has 0 aliphatic carbocycles. The molecule has 0 fully saturated rings. The Balaban J connectivity index is 1.51. The molecule has 27 heavy (non-hydrogen) atoms. The monoisotopic (exact) mass is 390 g/mol. The van der Waals surface area contributed by atoms with Gasteiger partial charge in [-0.2, -0.15) is 0 Å². The third-order valence-electron chi connectivity index (χ3n) is 3.66. The summed E-state index contributed by atoms with van der Waals surface area (Å²) in [6.45, 7) is 3.17. The van der Waals surface area contributed by atoms with Crippen molar-refractivity contribution >= 4 is 17.7 Å². The summed E-state index contributed by atoms with van der Waals surface area (Å²) in [5.41, 5.74) is 0. The molecule has 0 unspecified atom stereocenters. The summed E-state index contributed by atoms with van der Waals surface area (Å²) in [4.78, 5) is 12.0. The number of hydrogen-bond donors (Lipinski definition) is 1. The summed E-state index contributed by atoms with van der Waals surface area (Å²) in [5, 5.41) is 11.7. The standard InChI is InChI=1S/C18H19FN4O3S/c1-2-23-16(11-26-14-7-5-13(19)6-8-14)21-22-18(23)27-12-17(24)20-10-15-4-3-9-25-15/h3-9H,2,10-12H2,1H3,(H,20,24). The van der Waals surface area contributed by atoms with E-state index in [-0.39, 0.29) is 24.1 Å². The Hall–Kier alpha value is -2.81. The molecule has 1 aromatic carbocycles. The predicted molar refractivity (Wildman–Crippen MR) is 97.7 cm³/mol. The molecule has 3 aromatic rings. The first-order valence-corrected chi connectivity index (χ1v) is 9.36. The van der Waals surface area contributed by atoms with Gasteiger partial charge in [0.2, 0.25) is 5.91 Å². The van der Waals surface area contributed by atoms with E-state index < -0.39 is 0 Å². The van der Waals surface area contributed by atoms with Crippen molar-refractivity contribution in [2.75, 3.05) is 5.75 Å². The second-order valence-electron chi connectivity index (χ2n) is 5.53. The molecule has 9 heteroatoms. The second kappa shape index (κ2) is 9.22. The zero-order valence-corrected chi connectivity index (χ0v) is 15.5. The van der Waals surface area contributed by atoms with Crippen LogP contribution in [0.3, 0.4) is 0 Å². The minimum absolute atomic E-state index is 0.119. The van der Waals surface area contributed by atoms with E-state index in [1.807, 2.05) is 11.5 Å². The number of furan rings is 1. The van der Waals surface area contributed by atoms with Crippen LogP contribution in [0.4, 0.5) is 4.39 Å². The highest BCUT2D eigenvalue weighted by Crippen LogP contribution is 2.19. The maximum atomic E-state index is 12.9. The lowest BCUT2D eigenvalue weighted by Gasteiger charge is -2.09. The van der Waals surface area contributed by atoms with Crippen molar-refractivity contribution in [1.29, 1.82) is 0 Å². The van der Waals surface area contributed by atoms with E-state index in [2.05, 4.69) is 15.5 Å². The molecule has 2 aromatic heterocycles. The van der Waals surface area contributed by atoms with Gasteiger partial charge in [0.1, 0.15) is 23.9 Å². The van der Waals surface area contributed by atoms with Crippen LogP contribution < -0.4 is 10.1 Å². The molecule has 0 saturated heterocycles. The molecule has 0 atom stereocenters. The van der Waals surface area contributed by atoms with Crippen LogP contribution in [0.15, 0.2) is 52.2 Å². The van der Waals surface area contributed by atoms with Crippen LogP contribution in [0, 0.1) is 5.82 Å². The van der Waals surface area contributed by atoms with Gasteiger partial charge in [0.05, 0.1) is 18.6 Å². The van der Waals surface area contributed by atoms with E-state index in [0.29, 0.717) is 35.6 Å². The molecule has 0 aliphatic heterocycles. The number of nitrogens with zero attached hydrogens (tertiary/aromatic N) is 3. The van der Waals surface area contributed by atoms with E-state index in [1.54, 1.807) is 30.5 Å². The zero-order valence-electron chi connectivity index (χ0n) is 14.7. The third kappa shape index (κ3) is 5.33. The molecule has 0 aliphatic rings. The third-order valence-corrected chi connectivity index (χ3v) is 4.63. The fourth-order valence-electron chi connectivity index (χ4n) is 2.31. The maximum absolute atomic E-state index is 12.9. The minimum atomic E-state index is -0.317. The Bertz CT molecular complexity index is 865. The highest BCUT2D eigenvalue weighted by atomic mass is 32.2. The Morgan fingerprint density at radius 2 is 2.11 bits per heavy atom. The first-order valence-electron chi connectivity index (χ1n) is 8.38. The molecule has 3 rings (SSSR count). The van der Waals surface area contributed by atoms with Crippen LogP contribution in [0.25, 0.3) is 0 Å². The van der Waals surface area contributed by atoms with E-state index in [4.69, 9.17) is 9.15 Å². The molecule has 142 valence electrons. The number of hydrogen-bond acceptors (Lipinski definition) is 6. The van der Waals surface area contributed by atoms with Crippen molar-refractivity contribution in [3.8, 4) is 5.75 Å². The topological polar surface area (TPSA) is 82.2 Å². The van der Waals surface area contributed by atoms with Crippen molar-refractivity contribution in [3.05, 3.63) is 60.1 Å². The first kappa shape index (κ1) is 19.0. The van der Waals surface area contributed by atoms with Gasteiger partial charge < -0.3 is 19.0 Å². The lowest BCUT2D eigenvalue weighted by atomic mass is 10.3. The van der Waals surface area contributed by atoms with Crippen LogP contribution in [-0.4, -0.2) is 26.4 Å². The van der Waals surface area contributed by atoms with Crippen LogP contribution in [0.5, 0.6) is 5.75 Å². The number of rotatable bonds is 9. The molecular weight excluding hydrogens is 371 g/mol. The summed E-state index contributed by atoms with van der Waals surface area (Å²) in [5.74, 6) is 1.67. The molecule has 0 radical (unpaired) electrons. The number of amides is 1. The summed E-state index contributed by atoms with van der Waals surface area (Å²) < 4.78 is 25.6. The average Bonchev–Trinajstić information content (AvgIpc) is 3.33. The number of thioether (sulfide) groups is 1. The largest absolute Gasteiger partial charge is 0.486 e. The normalized spacial score (nSPS) is 10.7. The van der Waals surface area contributed by atoms with Gasteiger partial charge in [-0.15, -0.1) is 10.2 Å². The molecule has 1 amide bonds. The summed E-state index contributed by atoms with van der Waals surface area (Å²) >= 11 is 1.30. The fourth-order valence-corrected chi connectivity index (χ4v) is 3.16. The van der Waals surface area contributed by atoms with E-state index in [0.717, 1.165) is 0 Å². The van der Waals surface area contributed by atoms with Crippen LogP contribution in [-0.2, 0) is 24.5 Å². The summed E-state index contributed by atoms with van der Waals surface area (Å²) in [6, 6.07) is 9.36. The molecule has 7 nitrogen and oxygen atoms in total. The molecule has 0 saturated carbocycles. The quantitative estimate of drug-likeness (QED) is 0.566. The molecule has 0 spiro atoms. The van der Waals surface area contributed by atoms with Gasteiger partial charge in [-0.05, 0) is 43.3 Å². The average molecular weight is 390 g/mol. The van der Waals surface area contributed by atoms with E-state index >= 15 is 0 Å². The van der Waals surface area contributed by atoms with Crippen molar-refractivity contribution in [2.45, 2.75) is 31.8 Å². The van der Waals surface area contributed by atoms with Gasteiger partial charge >= 0.3 is 0 Å². The molecule has 1 N–H and O–H groups in total. The van der Waals surface area contributed by atoms with Gasteiger partial charge in [-0.3, -0.25) is 4.79 Å². The Kier molecular flexibility index (Phi) is 6.48. The Labute approximate surface area is 159 Å². The van der Waals surface area contributed by atoms with Crippen molar-refractivity contribution in [3.63, 3.8) is 0 Å². The highest BCUT2D eigenvalue weighted by Gasteiger charge is 2.14. The number of benzene rings is 1. The van der Waals surface area contributed by atoms with Gasteiger partial charge in [-0.1, -0.05) is 11.8 Å². The summed E-state index contributed by atoms with van der Waals surface area (Å²) in [7, 11) is 0. The number of aromatic nitrogens is 3. The predicted octanol–water partition coefficient (Wildman–Crippen LogP) is 3.02. The molecular formula is C18H19FN4O3S. The first-order chi connectivity index (χ1) is 13.2. The summed E-state index contributed by atoms with van der Waals surface area (Å²) in [6.07, 6.45) is 1.56. The number of halogens is 1. The number of carbonyl (C=O) groups is 1. The van der Waals surface area contributed by atoms with Crippen LogP contribution >= 0.6 is 11.8 Å². The molecule has 2 heterocycles. The highest BCUT2D eigenvalue weighted by molar-refractivity contribution is 7.99. The maximum Gasteiger partial charge on any atom is 0.230 e. The number of ether oxygens (including phenoxy) is 1. The second-order valence-corrected chi connectivity index (χ2v) is 6.47. The lowest BCUT2D eigenvalue weighted by molar-refractivity contribution is -0.118. The minimum Gasteiger partial charge on any atom is -0.486 e. The van der Waals surface area contributed by atoms with Gasteiger partial charge in [-0.25, -0.2) is 4.39 Å². The Morgan fingerprint density at radius 3 is 2.81 bits per heavy atom. The zero-order chi connectivity index (χ0) is 19.1. The Morgan fingerprint density at radius 1 is 1.30 bits per heavy atom.